The van der Waals surface area contributed by atoms with Crippen molar-refractivity contribution < 1.29 is 0 Å². The fourth-order valence-electron chi connectivity index (χ4n) is 1.94. The van der Waals surface area contributed by atoms with Crippen LogP contribution in [0.25, 0.3) is 10.2 Å². The third-order valence-corrected chi connectivity index (χ3v) is 4.14. The van der Waals surface area contributed by atoms with Crippen molar-refractivity contribution >= 4 is 21.6 Å². The number of thiazole rings is 1. The molecule has 3 rings (SSSR count). The van der Waals surface area contributed by atoms with Gasteiger partial charge in [0, 0.05) is 5.54 Å². The molecule has 1 aromatic heterocycles. The summed E-state index contributed by atoms with van der Waals surface area (Å²) in [5.41, 5.74) is 10.7. The Balaban J connectivity index is 1.86. The molecule has 1 heterocycles. The third kappa shape index (κ3) is 1.77. The number of nitrogens with two attached hydrogens (primary N) is 1. The lowest BCUT2D eigenvalue weighted by Crippen LogP contribution is -2.22. The molecule has 2 nitrogen and oxygen atoms in total. The van der Waals surface area contributed by atoms with Crippen molar-refractivity contribution in [3.63, 3.8) is 0 Å². The SMILES string of the molecule is NC1(CCc2cccc3ncsc23)CC1. The van der Waals surface area contributed by atoms with E-state index in [1.807, 2.05) is 5.51 Å². The van der Waals surface area contributed by atoms with Crippen LogP contribution in [-0.2, 0) is 6.42 Å². The molecule has 0 atom stereocenters. The first kappa shape index (κ1) is 9.31. The minimum Gasteiger partial charge on any atom is -0.325 e. The molecule has 0 unspecified atom stereocenters. The fourth-order valence-corrected chi connectivity index (χ4v) is 2.77. The Kier molecular flexibility index (Phi) is 2.04. The van der Waals surface area contributed by atoms with E-state index in [0.717, 1.165) is 18.4 Å². The van der Waals surface area contributed by atoms with Crippen molar-refractivity contribution in [3.8, 4) is 0 Å². The van der Waals surface area contributed by atoms with E-state index in [1.165, 1.54) is 23.1 Å². The zero-order valence-electron chi connectivity index (χ0n) is 8.57. The highest BCUT2D eigenvalue weighted by atomic mass is 32.1. The van der Waals surface area contributed by atoms with Crippen LogP contribution in [0, 0.1) is 0 Å². The van der Waals surface area contributed by atoms with Gasteiger partial charge in [-0.25, -0.2) is 4.98 Å². The molecule has 0 spiro atoms. The minimum absolute atomic E-state index is 0.160. The summed E-state index contributed by atoms with van der Waals surface area (Å²) in [5, 5.41) is 0. The Morgan fingerprint density at radius 1 is 1.40 bits per heavy atom. The Morgan fingerprint density at radius 2 is 2.27 bits per heavy atom. The molecule has 2 aromatic rings. The molecule has 0 radical (unpaired) electrons. The molecule has 1 aliphatic rings. The minimum atomic E-state index is 0.160. The van der Waals surface area contributed by atoms with Crippen LogP contribution in [0.3, 0.4) is 0 Å². The zero-order valence-corrected chi connectivity index (χ0v) is 9.39. The standard InChI is InChI=1S/C12H14N2S/c13-12(6-7-12)5-4-9-2-1-3-10-11(9)15-8-14-10/h1-3,8H,4-7,13H2. The lowest BCUT2D eigenvalue weighted by atomic mass is 10.0. The average Bonchev–Trinajstić information content (AvgIpc) is 2.80. The highest BCUT2D eigenvalue weighted by Gasteiger charge is 2.37. The van der Waals surface area contributed by atoms with Gasteiger partial charge in [-0.3, -0.25) is 0 Å². The summed E-state index contributed by atoms with van der Waals surface area (Å²) in [6.07, 6.45) is 4.61. The van der Waals surface area contributed by atoms with Crippen molar-refractivity contribution in [2.75, 3.05) is 0 Å². The van der Waals surface area contributed by atoms with E-state index in [4.69, 9.17) is 5.73 Å². The summed E-state index contributed by atoms with van der Waals surface area (Å²) in [6, 6.07) is 6.37. The maximum atomic E-state index is 6.10. The Hall–Kier alpha value is -0.930. The number of fused-ring (bicyclic) bond motifs is 1. The quantitative estimate of drug-likeness (QED) is 0.860. The monoisotopic (exact) mass is 218 g/mol. The van der Waals surface area contributed by atoms with Gasteiger partial charge in [0.2, 0.25) is 0 Å². The second-order valence-corrected chi connectivity index (χ2v) is 5.33. The largest absolute Gasteiger partial charge is 0.325 e. The number of benzene rings is 1. The van der Waals surface area contributed by atoms with Gasteiger partial charge in [0.1, 0.15) is 0 Å². The van der Waals surface area contributed by atoms with Gasteiger partial charge in [0.25, 0.3) is 0 Å². The van der Waals surface area contributed by atoms with Gasteiger partial charge in [-0.15, -0.1) is 11.3 Å². The smallest absolute Gasteiger partial charge is 0.0814 e. The van der Waals surface area contributed by atoms with Crippen LogP contribution in [0.5, 0.6) is 0 Å². The van der Waals surface area contributed by atoms with Crippen molar-refractivity contribution in [2.24, 2.45) is 5.73 Å². The number of nitrogens with zero attached hydrogens (tertiary/aromatic N) is 1. The van der Waals surface area contributed by atoms with E-state index in [-0.39, 0.29) is 5.54 Å². The third-order valence-electron chi connectivity index (χ3n) is 3.22. The van der Waals surface area contributed by atoms with E-state index < -0.39 is 0 Å². The molecular formula is C12H14N2S. The van der Waals surface area contributed by atoms with E-state index in [9.17, 15) is 0 Å². The zero-order chi connectivity index (χ0) is 10.3. The number of aryl methyl sites for hydroxylation is 1. The molecule has 0 bridgehead atoms. The second-order valence-electron chi connectivity index (χ2n) is 4.48. The van der Waals surface area contributed by atoms with Crippen molar-refractivity contribution in [1.82, 2.24) is 4.98 Å². The first-order chi connectivity index (χ1) is 7.27. The molecule has 0 saturated heterocycles. The fraction of sp³-hybridized carbons (Fsp3) is 0.417. The van der Waals surface area contributed by atoms with Gasteiger partial charge in [0.05, 0.1) is 15.7 Å². The first-order valence-electron chi connectivity index (χ1n) is 5.37. The van der Waals surface area contributed by atoms with Crippen molar-refractivity contribution in [1.29, 1.82) is 0 Å². The van der Waals surface area contributed by atoms with Gasteiger partial charge >= 0.3 is 0 Å². The van der Waals surface area contributed by atoms with Crippen LogP contribution in [-0.4, -0.2) is 10.5 Å². The van der Waals surface area contributed by atoms with Crippen LogP contribution >= 0.6 is 11.3 Å². The number of hydrogen-bond acceptors (Lipinski definition) is 3. The summed E-state index contributed by atoms with van der Waals surface area (Å²) < 4.78 is 1.33. The highest BCUT2D eigenvalue weighted by molar-refractivity contribution is 7.16. The topological polar surface area (TPSA) is 38.9 Å². The van der Waals surface area contributed by atoms with Crippen molar-refractivity contribution in [3.05, 3.63) is 29.3 Å². The van der Waals surface area contributed by atoms with Gasteiger partial charge < -0.3 is 5.73 Å². The maximum Gasteiger partial charge on any atom is 0.0814 e. The van der Waals surface area contributed by atoms with Crippen LogP contribution < -0.4 is 5.73 Å². The molecule has 1 saturated carbocycles. The van der Waals surface area contributed by atoms with Crippen LogP contribution in [0.1, 0.15) is 24.8 Å². The van der Waals surface area contributed by atoms with Gasteiger partial charge in [-0.1, -0.05) is 12.1 Å². The van der Waals surface area contributed by atoms with Gasteiger partial charge in [-0.05, 0) is 37.3 Å². The van der Waals surface area contributed by atoms with E-state index in [0.29, 0.717) is 0 Å². The molecule has 0 amide bonds. The molecule has 15 heavy (non-hydrogen) atoms. The van der Waals surface area contributed by atoms with E-state index in [1.54, 1.807) is 11.3 Å². The lowest BCUT2D eigenvalue weighted by molar-refractivity contribution is 0.611. The lowest BCUT2D eigenvalue weighted by Gasteiger charge is -2.08. The molecule has 3 heteroatoms. The number of hydrogen-bond donors (Lipinski definition) is 1. The van der Waals surface area contributed by atoms with Gasteiger partial charge in [-0.2, -0.15) is 0 Å². The summed E-state index contributed by atoms with van der Waals surface area (Å²) in [5.74, 6) is 0. The Morgan fingerprint density at radius 3 is 3.07 bits per heavy atom. The van der Waals surface area contributed by atoms with Crippen LogP contribution in [0.2, 0.25) is 0 Å². The van der Waals surface area contributed by atoms with E-state index in [2.05, 4.69) is 23.2 Å². The van der Waals surface area contributed by atoms with Crippen LogP contribution in [0.4, 0.5) is 0 Å². The molecular weight excluding hydrogens is 204 g/mol. The van der Waals surface area contributed by atoms with Crippen molar-refractivity contribution in [2.45, 2.75) is 31.2 Å². The summed E-state index contributed by atoms with van der Waals surface area (Å²) in [4.78, 5) is 4.33. The summed E-state index contributed by atoms with van der Waals surface area (Å²) in [6.45, 7) is 0. The summed E-state index contributed by atoms with van der Waals surface area (Å²) in [7, 11) is 0. The maximum absolute atomic E-state index is 6.10. The Labute approximate surface area is 93.1 Å². The van der Waals surface area contributed by atoms with Crippen LogP contribution in [0.15, 0.2) is 23.7 Å². The number of rotatable bonds is 3. The summed E-state index contributed by atoms with van der Waals surface area (Å²) >= 11 is 1.73. The van der Waals surface area contributed by atoms with Gasteiger partial charge in [0.15, 0.2) is 0 Å². The highest BCUT2D eigenvalue weighted by Crippen LogP contribution is 2.37. The predicted molar refractivity (Wildman–Crippen MR) is 64.1 cm³/mol. The Bertz CT molecular complexity index is 485. The first-order valence-corrected chi connectivity index (χ1v) is 6.25. The molecule has 1 fully saturated rings. The number of aromatic nitrogens is 1. The normalized spacial score (nSPS) is 18.2. The molecule has 78 valence electrons. The molecule has 2 N–H and O–H groups in total. The molecule has 1 aromatic carbocycles. The van der Waals surface area contributed by atoms with E-state index >= 15 is 0 Å². The molecule has 0 aliphatic heterocycles. The average molecular weight is 218 g/mol. The molecule has 1 aliphatic carbocycles. The predicted octanol–water partition coefficient (Wildman–Crippen LogP) is 2.72. The second kappa shape index (κ2) is 3.29.